The summed E-state index contributed by atoms with van der Waals surface area (Å²) in [7, 11) is 1.77. The second-order valence-electron chi connectivity index (χ2n) is 11.7. The number of nitrogens with one attached hydrogen (secondary N) is 1. The van der Waals surface area contributed by atoms with Gasteiger partial charge in [-0.25, -0.2) is 18.4 Å². The Morgan fingerprint density at radius 1 is 0.979 bits per heavy atom. The molecule has 11 nitrogen and oxygen atoms in total. The number of halogens is 3. The molecule has 6 aromatic rings. The molecule has 0 atom stereocenters. The van der Waals surface area contributed by atoms with Crippen LogP contribution in [0.15, 0.2) is 73.1 Å². The zero-order chi connectivity index (χ0) is 33.5. The molecule has 7 rings (SSSR count). The molecule has 2 aromatic carbocycles. The summed E-state index contributed by atoms with van der Waals surface area (Å²) >= 11 is 6.41. The third-order valence-electron chi connectivity index (χ3n) is 8.63. The van der Waals surface area contributed by atoms with Crippen molar-refractivity contribution >= 4 is 29.1 Å². The molecule has 244 valence electrons. The van der Waals surface area contributed by atoms with Crippen molar-refractivity contribution in [2.45, 2.75) is 32.4 Å². The van der Waals surface area contributed by atoms with E-state index in [0.29, 0.717) is 70.5 Å². The second-order valence-corrected chi connectivity index (χ2v) is 12.1. The molecule has 1 aliphatic heterocycles. The van der Waals surface area contributed by atoms with Crippen LogP contribution in [0, 0.1) is 18.6 Å². The lowest BCUT2D eigenvalue weighted by molar-refractivity contribution is 0.0689. The number of imidazole rings is 1. The summed E-state index contributed by atoms with van der Waals surface area (Å²) in [5.41, 5.74) is 5.00. The third kappa shape index (κ3) is 5.92. The lowest BCUT2D eigenvalue weighted by Crippen LogP contribution is -2.39. The summed E-state index contributed by atoms with van der Waals surface area (Å²) < 4.78 is 32.8. The zero-order valence-electron chi connectivity index (χ0n) is 26.1. The van der Waals surface area contributed by atoms with E-state index in [2.05, 4.69) is 25.7 Å². The Morgan fingerprint density at radius 3 is 2.44 bits per heavy atom. The average molecular weight is 670 g/mol. The summed E-state index contributed by atoms with van der Waals surface area (Å²) in [6.45, 7) is 2.91. The molecule has 4 aromatic heterocycles. The molecule has 5 heterocycles. The fourth-order valence-electron chi connectivity index (χ4n) is 6.14. The highest BCUT2D eigenvalue weighted by molar-refractivity contribution is 6.32. The van der Waals surface area contributed by atoms with Crippen molar-refractivity contribution in [2.24, 2.45) is 7.05 Å². The quantitative estimate of drug-likeness (QED) is 0.235. The molecule has 14 heteroatoms. The zero-order valence-corrected chi connectivity index (χ0v) is 26.8. The number of nitrogens with zero attached hydrogens (tertiary/aromatic N) is 8. The lowest BCUT2D eigenvalue weighted by Gasteiger charge is -2.32. The van der Waals surface area contributed by atoms with Crippen LogP contribution >= 0.6 is 11.6 Å². The number of piperidine rings is 1. The minimum atomic E-state index is -0.468. The smallest absolute Gasteiger partial charge is 0.253 e. The number of carbonyl (C=O) groups excluding carboxylic acids is 2. The molecule has 0 bridgehead atoms. The van der Waals surface area contributed by atoms with Gasteiger partial charge in [-0.3, -0.25) is 18.7 Å². The number of pyridine rings is 1. The van der Waals surface area contributed by atoms with Crippen molar-refractivity contribution in [1.29, 1.82) is 0 Å². The van der Waals surface area contributed by atoms with Crippen molar-refractivity contribution < 1.29 is 18.4 Å². The highest BCUT2D eigenvalue weighted by atomic mass is 35.5. The number of likely N-dealkylation sites (tertiary alicyclic amines) is 1. The van der Waals surface area contributed by atoms with Crippen LogP contribution in [0.2, 0.25) is 5.15 Å². The van der Waals surface area contributed by atoms with E-state index >= 15 is 0 Å². The largest absolute Gasteiger partial charge is 0.346 e. The number of rotatable bonds is 7. The molecule has 0 unspecified atom stereocenters. The molecule has 0 saturated carbocycles. The van der Waals surface area contributed by atoms with E-state index in [-0.39, 0.29) is 18.5 Å². The number of carbonyl (C=O) groups is 2. The van der Waals surface area contributed by atoms with Crippen molar-refractivity contribution in [3.05, 3.63) is 112 Å². The van der Waals surface area contributed by atoms with Gasteiger partial charge < -0.3 is 10.2 Å². The maximum absolute atomic E-state index is 14.2. The Morgan fingerprint density at radius 2 is 1.71 bits per heavy atom. The predicted molar refractivity (Wildman–Crippen MR) is 174 cm³/mol. The minimum Gasteiger partial charge on any atom is -0.346 e. The molecule has 2 amide bonds. The maximum Gasteiger partial charge on any atom is 0.253 e. The number of aromatic nitrogens is 7. The number of amides is 2. The summed E-state index contributed by atoms with van der Waals surface area (Å²) in [6, 6.07) is 15.3. The van der Waals surface area contributed by atoms with Gasteiger partial charge in [0.2, 0.25) is 0 Å². The third-order valence-corrected chi connectivity index (χ3v) is 9.07. The number of aryl methyl sites for hydroxylation is 2. The molecule has 1 N–H and O–H groups in total. The van der Waals surface area contributed by atoms with Gasteiger partial charge in [0.1, 0.15) is 28.1 Å². The normalized spacial score (nSPS) is 13.7. The molecule has 48 heavy (non-hydrogen) atoms. The van der Waals surface area contributed by atoms with Crippen LogP contribution in [0.1, 0.15) is 51.0 Å². The molecular weight excluding hydrogens is 640 g/mol. The molecule has 1 fully saturated rings. The van der Waals surface area contributed by atoms with Crippen molar-refractivity contribution in [1.82, 2.24) is 44.4 Å². The van der Waals surface area contributed by atoms with Crippen LogP contribution in [-0.4, -0.2) is 64.0 Å². The summed E-state index contributed by atoms with van der Waals surface area (Å²) in [5.74, 6) is -1.44. The fraction of sp³-hybridized carbons (Fsp3) is 0.235. The van der Waals surface area contributed by atoms with E-state index in [0.717, 1.165) is 11.3 Å². The van der Waals surface area contributed by atoms with Gasteiger partial charge in [-0.05, 0) is 74.4 Å². The summed E-state index contributed by atoms with van der Waals surface area (Å²) in [6.07, 6.45) is 4.53. The van der Waals surface area contributed by atoms with Gasteiger partial charge in [0.05, 0.1) is 41.4 Å². The van der Waals surface area contributed by atoms with Crippen LogP contribution in [0.25, 0.3) is 28.2 Å². The van der Waals surface area contributed by atoms with E-state index in [1.807, 2.05) is 17.8 Å². The van der Waals surface area contributed by atoms with Gasteiger partial charge in [-0.15, -0.1) is 5.10 Å². The number of benzene rings is 2. The van der Waals surface area contributed by atoms with Gasteiger partial charge in [-0.2, -0.15) is 5.10 Å². The molecule has 1 saturated heterocycles. The van der Waals surface area contributed by atoms with Crippen molar-refractivity contribution in [3.8, 4) is 22.5 Å². The number of fused-ring (bicyclic) bond motifs is 1. The standard InChI is InChI=1S/C34H30ClF2N9O2/c1-20-30(32(35)43(2)41-20)27-19-46(42-40-27)26-12-14-44(15-13-26)34(48)23-5-3-4-22(16-23)33(47)38-17-28-31(21-6-8-24(36)9-7-21)39-29-11-10-25(37)18-45(28)29/h3-11,16,18-19,26H,12-15,17H2,1-2H3,(H,38,47). The van der Waals surface area contributed by atoms with Gasteiger partial charge in [0, 0.05) is 43.0 Å². The number of hydrogen-bond acceptors (Lipinski definition) is 6. The van der Waals surface area contributed by atoms with Gasteiger partial charge >= 0.3 is 0 Å². The maximum atomic E-state index is 14.2. The lowest BCUT2D eigenvalue weighted by atomic mass is 10.0. The Labute approximate surface area is 278 Å². The highest BCUT2D eigenvalue weighted by Gasteiger charge is 2.27. The molecule has 1 aliphatic rings. The first-order chi connectivity index (χ1) is 23.2. The van der Waals surface area contributed by atoms with Gasteiger partial charge in [0.15, 0.2) is 0 Å². The van der Waals surface area contributed by atoms with E-state index < -0.39 is 17.5 Å². The molecule has 0 aliphatic carbocycles. The van der Waals surface area contributed by atoms with Gasteiger partial charge in [0.25, 0.3) is 11.8 Å². The van der Waals surface area contributed by atoms with Crippen LogP contribution < -0.4 is 5.32 Å². The van der Waals surface area contributed by atoms with Gasteiger partial charge in [-0.1, -0.05) is 22.9 Å². The van der Waals surface area contributed by atoms with Crippen molar-refractivity contribution in [2.75, 3.05) is 13.1 Å². The SMILES string of the molecule is Cc1nn(C)c(Cl)c1-c1cn(C2CCN(C(=O)c3cccc(C(=O)NCc4c(-c5ccc(F)cc5)nc5ccc(F)cn45)c3)CC2)nn1. The molecular formula is C34H30ClF2N9O2. The average Bonchev–Trinajstić information content (AvgIpc) is 3.78. The minimum absolute atomic E-state index is 0.0123. The fourth-order valence-corrected chi connectivity index (χ4v) is 6.41. The van der Waals surface area contributed by atoms with Crippen molar-refractivity contribution in [3.63, 3.8) is 0 Å². The second kappa shape index (κ2) is 12.6. The summed E-state index contributed by atoms with van der Waals surface area (Å²) in [4.78, 5) is 33.2. The van der Waals surface area contributed by atoms with E-state index in [1.54, 1.807) is 57.4 Å². The Hall–Kier alpha value is -5.43. The monoisotopic (exact) mass is 669 g/mol. The Bertz CT molecular complexity index is 2170. The topological polar surface area (TPSA) is 115 Å². The predicted octanol–water partition coefficient (Wildman–Crippen LogP) is 5.64. The first kappa shape index (κ1) is 31.2. The van der Waals surface area contributed by atoms with Crippen LogP contribution in [0.5, 0.6) is 0 Å². The summed E-state index contributed by atoms with van der Waals surface area (Å²) in [5, 5.41) is 16.4. The Balaban J connectivity index is 1.02. The Kier molecular flexibility index (Phi) is 8.21. The van der Waals surface area contributed by atoms with Crippen LogP contribution in [0.3, 0.4) is 0 Å². The first-order valence-corrected chi connectivity index (χ1v) is 15.8. The molecule has 0 radical (unpaired) electrons. The van der Waals surface area contributed by atoms with Crippen LogP contribution in [0.4, 0.5) is 8.78 Å². The van der Waals surface area contributed by atoms with Crippen LogP contribution in [-0.2, 0) is 13.6 Å². The van der Waals surface area contributed by atoms with E-state index in [4.69, 9.17) is 11.6 Å². The molecule has 0 spiro atoms. The van der Waals surface area contributed by atoms with E-state index in [1.165, 1.54) is 30.5 Å². The first-order valence-electron chi connectivity index (χ1n) is 15.4. The highest BCUT2D eigenvalue weighted by Crippen LogP contribution is 2.31. The van der Waals surface area contributed by atoms with E-state index in [9.17, 15) is 18.4 Å². The number of hydrogen-bond donors (Lipinski definition) is 1.